The van der Waals surface area contributed by atoms with Crippen LogP contribution in [0, 0.1) is 5.82 Å². The second-order valence-electron chi connectivity index (χ2n) is 6.63. The van der Waals surface area contributed by atoms with Crippen LogP contribution in [0.4, 0.5) is 10.2 Å². The number of fused-ring (bicyclic) bond motifs is 1. The fraction of sp³-hybridized carbons (Fsp3) is 0.200. The smallest absolute Gasteiger partial charge is 0.187 e. The van der Waals surface area contributed by atoms with Crippen molar-refractivity contribution in [1.29, 1.82) is 0 Å². The van der Waals surface area contributed by atoms with Crippen LogP contribution < -0.4 is 5.32 Å². The van der Waals surface area contributed by atoms with E-state index in [1.807, 2.05) is 22.9 Å². The van der Waals surface area contributed by atoms with Gasteiger partial charge in [0.1, 0.15) is 5.82 Å². The number of nitrogens with one attached hydrogen (secondary N) is 1. The van der Waals surface area contributed by atoms with Gasteiger partial charge < -0.3 is 5.32 Å². The Morgan fingerprint density at radius 3 is 2.64 bits per heavy atom. The number of anilines is 1. The maximum absolute atomic E-state index is 13.5. The molecule has 140 valence electrons. The highest BCUT2D eigenvalue weighted by Crippen LogP contribution is 2.35. The Hall–Kier alpha value is -3.00. The minimum absolute atomic E-state index is 0.279. The minimum Gasteiger partial charge on any atom is -0.364 e. The molecule has 0 saturated heterocycles. The molecule has 3 aromatic heterocycles. The van der Waals surface area contributed by atoms with Gasteiger partial charge in [-0.25, -0.2) is 24.3 Å². The first-order chi connectivity index (χ1) is 13.7. The lowest BCUT2D eigenvalue weighted by Gasteiger charge is -2.07. The zero-order valence-electron chi connectivity index (χ0n) is 15.1. The topological polar surface area (TPSA) is 68.0 Å². The molecule has 6 nitrogen and oxygen atoms in total. The molecular formula is C20H17FN6S. The Labute approximate surface area is 165 Å². The standard InChI is InChI=1S/C20H17FN6S/c1-28-20-23-9-8-15(25-20)17-16(12-2-4-13(21)5-3-12)26-19-18(24-14-6-7-14)22-10-11-27(17)19/h2-5,8-11,14H,6-7H2,1H3,(H,22,24). The van der Waals surface area contributed by atoms with E-state index in [0.717, 1.165) is 47.0 Å². The molecule has 4 aromatic rings. The summed E-state index contributed by atoms with van der Waals surface area (Å²) in [5, 5.41) is 4.13. The molecule has 1 aromatic carbocycles. The maximum Gasteiger partial charge on any atom is 0.187 e. The number of benzene rings is 1. The second-order valence-corrected chi connectivity index (χ2v) is 7.41. The molecule has 1 fully saturated rings. The van der Waals surface area contributed by atoms with Crippen LogP contribution in [0.5, 0.6) is 0 Å². The highest BCUT2D eigenvalue weighted by molar-refractivity contribution is 7.98. The fourth-order valence-electron chi connectivity index (χ4n) is 3.12. The molecule has 1 aliphatic carbocycles. The zero-order valence-corrected chi connectivity index (χ0v) is 15.9. The Morgan fingerprint density at radius 2 is 1.89 bits per heavy atom. The molecule has 8 heteroatoms. The number of hydrogen-bond acceptors (Lipinski definition) is 6. The monoisotopic (exact) mass is 392 g/mol. The van der Waals surface area contributed by atoms with Crippen molar-refractivity contribution in [1.82, 2.24) is 24.3 Å². The van der Waals surface area contributed by atoms with Gasteiger partial charge in [-0.2, -0.15) is 0 Å². The van der Waals surface area contributed by atoms with Gasteiger partial charge in [0.05, 0.1) is 17.1 Å². The van der Waals surface area contributed by atoms with Crippen molar-refractivity contribution >= 4 is 23.2 Å². The highest BCUT2D eigenvalue weighted by Gasteiger charge is 2.25. The van der Waals surface area contributed by atoms with Crippen LogP contribution in [0.25, 0.3) is 28.3 Å². The number of nitrogens with zero attached hydrogens (tertiary/aromatic N) is 5. The number of hydrogen-bond donors (Lipinski definition) is 1. The van der Waals surface area contributed by atoms with E-state index >= 15 is 0 Å². The molecule has 28 heavy (non-hydrogen) atoms. The molecule has 1 aliphatic rings. The van der Waals surface area contributed by atoms with Crippen LogP contribution in [-0.4, -0.2) is 36.6 Å². The summed E-state index contributed by atoms with van der Waals surface area (Å²) in [6.45, 7) is 0. The van der Waals surface area contributed by atoms with E-state index in [0.29, 0.717) is 11.2 Å². The Kier molecular flexibility index (Phi) is 4.20. The second kappa shape index (κ2) is 6.87. The van der Waals surface area contributed by atoms with E-state index in [-0.39, 0.29) is 5.82 Å². The van der Waals surface area contributed by atoms with E-state index in [9.17, 15) is 4.39 Å². The highest BCUT2D eigenvalue weighted by atomic mass is 32.2. The molecular weight excluding hydrogens is 375 g/mol. The lowest BCUT2D eigenvalue weighted by molar-refractivity contribution is 0.628. The third-order valence-electron chi connectivity index (χ3n) is 4.64. The third kappa shape index (κ3) is 3.09. The van der Waals surface area contributed by atoms with Crippen LogP contribution in [0.3, 0.4) is 0 Å². The minimum atomic E-state index is -0.279. The Morgan fingerprint density at radius 1 is 1.07 bits per heavy atom. The lowest BCUT2D eigenvalue weighted by Crippen LogP contribution is -2.05. The quantitative estimate of drug-likeness (QED) is 0.404. The SMILES string of the molecule is CSc1nccc(-c2c(-c3ccc(F)cc3)nc3c(NC4CC4)nccn23)n1. The lowest BCUT2D eigenvalue weighted by atomic mass is 10.1. The van der Waals surface area contributed by atoms with Gasteiger partial charge in [0.25, 0.3) is 0 Å². The van der Waals surface area contributed by atoms with Crippen molar-refractivity contribution in [3.05, 3.63) is 54.7 Å². The molecule has 1 saturated carbocycles. The average Bonchev–Trinajstić information content (AvgIpc) is 3.45. The van der Waals surface area contributed by atoms with Crippen LogP contribution in [0.1, 0.15) is 12.8 Å². The van der Waals surface area contributed by atoms with Crippen molar-refractivity contribution < 1.29 is 4.39 Å². The largest absolute Gasteiger partial charge is 0.364 e. The van der Waals surface area contributed by atoms with E-state index in [2.05, 4.69) is 20.3 Å². The third-order valence-corrected chi connectivity index (χ3v) is 5.20. The van der Waals surface area contributed by atoms with E-state index in [1.54, 1.807) is 24.5 Å². The van der Waals surface area contributed by atoms with Crippen LogP contribution in [-0.2, 0) is 0 Å². The summed E-state index contributed by atoms with van der Waals surface area (Å²) in [5.41, 5.74) is 3.88. The Bertz CT molecular complexity index is 1150. The molecule has 0 unspecified atom stereocenters. The van der Waals surface area contributed by atoms with Crippen LogP contribution in [0.2, 0.25) is 0 Å². The van der Waals surface area contributed by atoms with Gasteiger partial charge in [-0.05, 0) is 49.4 Å². The van der Waals surface area contributed by atoms with Gasteiger partial charge in [0.15, 0.2) is 16.6 Å². The fourth-order valence-corrected chi connectivity index (χ4v) is 3.48. The Balaban J connectivity index is 1.77. The summed E-state index contributed by atoms with van der Waals surface area (Å²) < 4.78 is 15.5. The molecule has 0 amide bonds. The molecule has 0 radical (unpaired) electrons. The van der Waals surface area contributed by atoms with Crippen molar-refractivity contribution in [2.24, 2.45) is 0 Å². The normalized spacial score (nSPS) is 13.8. The summed E-state index contributed by atoms with van der Waals surface area (Å²) in [4.78, 5) is 18.3. The van der Waals surface area contributed by atoms with Crippen molar-refractivity contribution in [2.45, 2.75) is 24.0 Å². The first-order valence-electron chi connectivity index (χ1n) is 9.00. The van der Waals surface area contributed by atoms with Crippen molar-refractivity contribution in [3.63, 3.8) is 0 Å². The zero-order chi connectivity index (χ0) is 19.1. The van der Waals surface area contributed by atoms with E-state index in [4.69, 9.17) is 4.98 Å². The molecule has 0 atom stereocenters. The number of aromatic nitrogens is 5. The summed E-state index contributed by atoms with van der Waals surface area (Å²) in [6.07, 6.45) is 9.61. The van der Waals surface area contributed by atoms with E-state index in [1.165, 1.54) is 23.9 Å². The predicted molar refractivity (Wildman–Crippen MR) is 108 cm³/mol. The first kappa shape index (κ1) is 17.1. The number of imidazole rings is 1. The summed E-state index contributed by atoms with van der Waals surface area (Å²) in [5.74, 6) is 0.470. The molecule has 1 N–H and O–H groups in total. The van der Waals surface area contributed by atoms with Crippen molar-refractivity contribution in [3.8, 4) is 22.6 Å². The van der Waals surface area contributed by atoms with E-state index < -0.39 is 0 Å². The summed E-state index contributed by atoms with van der Waals surface area (Å²) in [7, 11) is 0. The molecule has 0 bridgehead atoms. The number of thioether (sulfide) groups is 1. The van der Waals surface area contributed by atoms with Gasteiger partial charge in [-0.3, -0.25) is 4.40 Å². The average molecular weight is 392 g/mol. The van der Waals surface area contributed by atoms with Gasteiger partial charge in [-0.15, -0.1) is 0 Å². The van der Waals surface area contributed by atoms with Crippen LogP contribution >= 0.6 is 11.8 Å². The van der Waals surface area contributed by atoms with Crippen LogP contribution in [0.15, 0.2) is 54.1 Å². The van der Waals surface area contributed by atoms with Crippen molar-refractivity contribution in [2.75, 3.05) is 11.6 Å². The number of rotatable bonds is 5. The molecule has 5 rings (SSSR count). The van der Waals surface area contributed by atoms with Gasteiger partial charge in [0.2, 0.25) is 0 Å². The molecule has 3 heterocycles. The number of halogens is 1. The molecule has 0 aliphatic heterocycles. The molecule has 0 spiro atoms. The predicted octanol–water partition coefficient (Wildman–Crippen LogP) is 4.29. The summed E-state index contributed by atoms with van der Waals surface area (Å²) >= 11 is 1.48. The first-order valence-corrected chi connectivity index (χ1v) is 10.2. The van der Waals surface area contributed by atoms with Gasteiger partial charge in [-0.1, -0.05) is 11.8 Å². The summed E-state index contributed by atoms with van der Waals surface area (Å²) in [6, 6.07) is 8.67. The van der Waals surface area contributed by atoms with Gasteiger partial charge in [0, 0.05) is 30.2 Å². The maximum atomic E-state index is 13.5. The van der Waals surface area contributed by atoms with Gasteiger partial charge >= 0.3 is 0 Å².